The first-order valence-corrected chi connectivity index (χ1v) is 5.83. The molecule has 2 fully saturated rings. The Hall–Kier alpha value is 0.540. The smallest absolute Gasteiger partial charge is 0.239 e. The van der Waals surface area contributed by atoms with Crippen molar-refractivity contribution >= 4 is 23.5 Å². The minimum atomic E-state index is -0.269. The molecule has 70 valence electrons. The number of hydrogen-bond acceptors (Lipinski definition) is 6. The van der Waals surface area contributed by atoms with Gasteiger partial charge >= 0.3 is 0 Å². The van der Waals surface area contributed by atoms with Crippen molar-refractivity contribution in [3.05, 3.63) is 0 Å². The highest BCUT2D eigenvalue weighted by Crippen LogP contribution is 2.25. The van der Waals surface area contributed by atoms with Crippen LogP contribution in [0.1, 0.15) is 0 Å². The molecule has 2 heterocycles. The number of ether oxygens (including phenoxy) is 2. The molecule has 0 spiro atoms. The second kappa shape index (κ2) is 4.69. The van der Waals surface area contributed by atoms with Crippen molar-refractivity contribution in [3.8, 4) is 0 Å². The van der Waals surface area contributed by atoms with E-state index in [0.717, 1.165) is 24.7 Å². The van der Waals surface area contributed by atoms with Crippen LogP contribution in [0.4, 0.5) is 0 Å². The van der Waals surface area contributed by atoms with Crippen LogP contribution in [-0.4, -0.2) is 36.0 Å². The van der Waals surface area contributed by atoms with E-state index in [1.807, 2.05) is 0 Å². The molecular weight excluding hydrogens is 200 g/mol. The molecule has 0 saturated carbocycles. The fraction of sp³-hybridized carbons (Fsp3) is 1.00. The van der Waals surface area contributed by atoms with Gasteiger partial charge in [0.25, 0.3) is 0 Å². The standard InChI is InChI=1S/C6H10O4S2/c1-3-11-5(7-1)9-10-6-8-2-4-12-6/h5-6H,1-4H2. The van der Waals surface area contributed by atoms with E-state index in [1.165, 1.54) is 0 Å². The molecule has 0 amide bonds. The summed E-state index contributed by atoms with van der Waals surface area (Å²) in [4.78, 5) is 9.96. The predicted octanol–water partition coefficient (Wildman–Crippen LogP) is 1.03. The highest BCUT2D eigenvalue weighted by molar-refractivity contribution is 8.00. The zero-order valence-corrected chi connectivity index (χ0v) is 8.07. The van der Waals surface area contributed by atoms with Gasteiger partial charge in [0.1, 0.15) is 0 Å². The summed E-state index contributed by atoms with van der Waals surface area (Å²) in [5, 5.41) is 0. The van der Waals surface area contributed by atoms with E-state index < -0.39 is 0 Å². The van der Waals surface area contributed by atoms with Crippen molar-refractivity contribution in [1.82, 2.24) is 0 Å². The van der Waals surface area contributed by atoms with E-state index in [0.29, 0.717) is 0 Å². The Labute approximate surface area is 79.2 Å². The van der Waals surface area contributed by atoms with Crippen LogP contribution in [0, 0.1) is 0 Å². The van der Waals surface area contributed by atoms with Crippen LogP contribution in [0.3, 0.4) is 0 Å². The average molecular weight is 210 g/mol. The lowest BCUT2D eigenvalue weighted by atomic mass is 10.9. The average Bonchev–Trinajstić information content (AvgIpc) is 2.74. The lowest BCUT2D eigenvalue weighted by molar-refractivity contribution is -0.386. The van der Waals surface area contributed by atoms with E-state index in [9.17, 15) is 0 Å². The molecule has 2 saturated heterocycles. The summed E-state index contributed by atoms with van der Waals surface area (Å²) in [6.45, 7) is 1.47. The molecule has 0 aromatic rings. The second-order valence-electron chi connectivity index (χ2n) is 2.25. The Morgan fingerprint density at radius 3 is 1.75 bits per heavy atom. The van der Waals surface area contributed by atoms with Crippen molar-refractivity contribution in [1.29, 1.82) is 0 Å². The molecule has 0 radical (unpaired) electrons. The fourth-order valence-electron chi connectivity index (χ4n) is 0.875. The molecule has 0 aliphatic carbocycles. The zero-order valence-electron chi connectivity index (χ0n) is 6.43. The molecule has 2 rings (SSSR count). The van der Waals surface area contributed by atoms with Crippen LogP contribution in [0.5, 0.6) is 0 Å². The molecule has 0 N–H and O–H groups in total. The third-order valence-corrected chi connectivity index (χ3v) is 3.17. The predicted molar refractivity (Wildman–Crippen MR) is 46.6 cm³/mol. The summed E-state index contributed by atoms with van der Waals surface area (Å²) < 4.78 is 10.3. The topological polar surface area (TPSA) is 36.9 Å². The van der Waals surface area contributed by atoms with Crippen molar-refractivity contribution in [2.75, 3.05) is 24.7 Å². The van der Waals surface area contributed by atoms with Gasteiger partial charge < -0.3 is 9.47 Å². The van der Waals surface area contributed by atoms with Crippen LogP contribution >= 0.6 is 23.5 Å². The second-order valence-corrected chi connectivity index (χ2v) is 4.51. The molecule has 0 bridgehead atoms. The third-order valence-electron chi connectivity index (χ3n) is 1.40. The van der Waals surface area contributed by atoms with E-state index in [1.54, 1.807) is 23.5 Å². The molecule has 0 aromatic carbocycles. The summed E-state index contributed by atoms with van der Waals surface area (Å²) in [6.07, 6.45) is 0. The van der Waals surface area contributed by atoms with Crippen LogP contribution in [0.2, 0.25) is 0 Å². The molecule has 2 unspecified atom stereocenters. The fourth-order valence-corrected chi connectivity index (χ4v) is 2.23. The minimum Gasteiger partial charge on any atom is -0.341 e. The SMILES string of the molecule is C1CSC(OOC2OCCS2)O1. The van der Waals surface area contributed by atoms with Crippen LogP contribution in [-0.2, 0) is 19.2 Å². The summed E-state index contributed by atoms with van der Waals surface area (Å²) in [6, 6.07) is 0. The molecular formula is C6H10O4S2. The van der Waals surface area contributed by atoms with Gasteiger partial charge in [-0.05, 0) is 0 Å². The first-order valence-electron chi connectivity index (χ1n) is 3.74. The summed E-state index contributed by atoms with van der Waals surface area (Å²) in [7, 11) is 0. The number of hydrogen-bond donors (Lipinski definition) is 0. The Balaban J connectivity index is 1.60. The van der Waals surface area contributed by atoms with Gasteiger partial charge in [0.05, 0.1) is 13.2 Å². The van der Waals surface area contributed by atoms with E-state index in [2.05, 4.69) is 0 Å². The maximum Gasteiger partial charge on any atom is 0.239 e. The van der Waals surface area contributed by atoms with Crippen molar-refractivity contribution in [3.63, 3.8) is 0 Å². The lowest BCUT2D eigenvalue weighted by Crippen LogP contribution is -2.14. The molecule has 12 heavy (non-hydrogen) atoms. The number of rotatable bonds is 3. The largest absolute Gasteiger partial charge is 0.341 e. The highest BCUT2D eigenvalue weighted by atomic mass is 32.2. The van der Waals surface area contributed by atoms with Crippen molar-refractivity contribution < 1.29 is 19.2 Å². The first kappa shape index (κ1) is 9.11. The quantitative estimate of drug-likeness (QED) is 0.511. The van der Waals surface area contributed by atoms with Gasteiger partial charge in [0.2, 0.25) is 11.2 Å². The Morgan fingerprint density at radius 1 is 0.917 bits per heavy atom. The Morgan fingerprint density at radius 2 is 1.42 bits per heavy atom. The molecule has 0 aromatic heterocycles. The van der Waals surface area contributed by atoms with Gasteiger partial charge in [-0.1, -0.05) is 23.5 Å². The monoisotopic (exact) mass is 210 g/mol. The molecule has 2 aliphatic heterocycles. The van der Waals surface area contributed by atoms with E-state index in [4.69, 9.17) is 19.2 Å². The maximum atomic E-state index is 5.16. The first-order chi connectivity index (χ1) is 5.95. The normalized spacial score (nSPS) is 36.0. The van der Waals surface area contributed by atoms with Gasteiger partial charge in [-0.2, -0.15) is 9.78 Å². The van der Waals surface area contributed by atoms with Crippen molar-refractivity contribution in [2.45, 2.75) is 11.2 Å². The van der Waals surface area contributed by atoms with Crippen LogP contribution in [0.25, 0.3) is 0 Å². The minimum absolute atomic E-state index is 0.269. The molecule has 6 heteroatoms. The molecule has 2 aliphatic rings. The highest BCUT2D eigenvalue weighted by Gasteiger charge is 2.23. The maximum absolute atomic E-state index is 5.16. The van der Waals surface area contributed by atoms with Gasteiger partial charge in [-0.25, -0.2) is 0 Å². The Bertz CT molecular complexity index is 118. The summed E-state index contributed by atoms with van der Waals surface area (Å²) in [5.74, 6) is 1.93. The van der Waals surface area contributed by atoms with Gasteiger partial charge in [0.15, 0.2) is 0 Å². The van der Waals surface area contributed by atoms with Crippen molar-refractivity contribution in [2.24, 2.45) is 0 Å². The van der Waals surface area contributed by atoms with Gasteiger partial charge in [0, 0.05) is 11.5 Å². The lowest BCUT2D eigenvalue weighted by Gasteiger charge is -2.11. The Kier molecular flexibility index (Phi) is 3.56. The van der Waals surface area contributed by atoms with E-state index in [-0.39, 0.29) is 11.2 Å². The summed E-state index contributed by atoms with van der Waals surface area (Å²) >= 11 is 3.18. The van der Waals surface area contributed by atoms with Gasteiger partial charge in [-0.15, -0.1) is 0 Å². The summed E-state index contributed by atoms with van der Waals surface area (Å²) in [5.41, 5.74) is -0.537. The third kappa shape index (κ3) is 2.51. The molecule has 2 atom stereocenters. The zero-order chi connectivity index (χ0) is 8.23. The van der Waals surface area contributed by atoms with E-state index >= 15 is 0 Å². The molecule has 4 nitrogen and oxygen atoms in total. The van der Waals surface area contributed by atoms with Crippen LogP contribution in [0.15, 0.2) is 0 Å². The number of thioether (sulfide) groups is 2. The van der Waals surface area contributed by atoms with Crippen LogP contribution < -0.4 is 0 Å². The van der Waals surface area contributed by atoms with Gasteiger partial charge in [-0.3, -0.25) is 0 Å².